The van der Waals surface area contributed by atoms with Crippen molar-refractivity contribution in [2.24, 2.45) is 0 Å². The summed E-state index contributed by atoms with van der Waals surface area (Å²) in [5, 5.41) is 96.5. The van der Waals surface area contributed by atoms with Gasteiger partial charge >= 0.3 is 0 Å². The number of hydrogen-bond donors (Lipinski definition) is 11. The third-order valence-corrected chi connectivity index (χ3v) is 6.88. The molecule has 232 valence electrons. The van der Waals surface area contributed by atoms with Crippen molar-refractivity contribution in [3.8, 4) is 0 Å². The van der Waals surface area contributed by atoms with Gasteiger partial charge in [0.1, 0.15) is 73.1 Å². The fourth-order valence-corrected chi connectivity index (χ4v) is 4.75. The molecule has 0 radical (unpaired) electrons. The van der Waals surface area contributed by atoms with E-state index < -0.39 is 124 Å². The van der Waals surface area contributed by atoms with Gasteiger partial charge in [0.25, 0.3) is 0 Å². The highest BCUT2D eigenvalue weighted by Crippen LogP contribution is 2.30. The maximum Gasteiger partial charge on any atom is 0.217 e. The maximum absolute atomic E-state index is 11.6. The quantitative estimate of drug-likeness (QED) is 0.120. The molecular weight excluding hydrogens is 548 g/mol. The Labute approximate surface area is 228 Å². The lowest BCUT2D eigenvalue weighted by Gasteiger charge is -2.46. The van der Waals surface area contributed by atoms with E-state index in [1.165, 1.54) is 0 Å². The molecule has 3 aliphatic rings. The highest BCUT2D eigenvalue weighted by atomic mass is 16.7. The van der Waals surface area contributed by atoms with E-state index >= 15 is 0 Å². The minimum absolute atomic E-state index is 0.588. The molecule has 0 aliphatic carbocycles. The second-order valence-electron chi connectivity index (χ2n) is 9.85. The number of amides is 2. The van der Waals surface area contributed by atoms with Gasteiger partial charge in [-0.1, -0.05) is 0 Å². The zero-order valence-electron chi connectivity index (χ0n) is 21.7. The van der Waals surface area contributed by atoms with Crippen molar-refractivity contribution < 1.29 is 79.2 Å². The van der Waals surface area contributed by atoms with Crippen LogP contribution in [0.25, 0.3) is 0 Å². The standard InChI is InChI=1S/C22H38N2O16/c1-6(27)23-11-16(32)13(29)8(3-25)38-21(11)36-5-10-15(31)18(34)19(20(35)37-10)40-22-12(24-7(2)28)17(33)14(30)9(4-26)39-22/h8-22,25-26,29-35H,3-5H2,1-2H3,(H,23,27)(H,24,28)/t8-,9-,10-,11-,12-,13-,14-,15-,16-,17-,18+,19+,20+,21-,22+/m1/s1. The van der Waals surface area contributed by atoms with E-state index in [-0.39, 0.29) is 0 Å². The van der Waals surface area contributed by atoms with Crippen LogP contribution in [-0.4, -0.2) is 170 Å². The molecule has 0 saturated carbocycles. The first-order chi connectivity index (χ1) is 18.8. The van der Waals surface area contributed by atoms with Crippen LogP contribution in [0.3, 0.4) is 0 Å². The van der Waals surface area contributed by atoms with Crippen molar-refractivity contribution in [3.63, 3.8) is 0 Å². The number of rotatable bonds is 9. The molecule has 18 heteroatoms. The van der Waals surface area contributed by atoms with Gasteiger partial charge in [-0.3, -0.25) is 9.59 Å². The van der Waals surface area contributed by atoms with Crippen molar-refractivity contribution in [2.45, 2.75) is 106 Å². The first-order valence-electron chi connectivity index (χ1n) is 12.6. The Hall–Kier alpha value is -1.62. The monoisotopic (exact) mass is 586 g/mol. The highest BCUT2D eigenvalue weighted by molar-refractivity contribution is 5.73. The van der Waals surface area contributed by atoms with Gasteiger partial charge in [-0.15, -0.1) is 0 Å². The van der Waals surface area contributed by atoms with E-state index in [0.717, 1.165) is 13.8 Å². The van der Waals surface area contributed by atoms with Crippen LogP contribution in [-0.2, 0) is 33.3 Å². The number of ether oxygens (including phenoxy) is 5. The molecule has 3 rings (SSSR count). The summed E-state index contributed by atoms with van der Waals surface area (Å²) in [5.41, 5.74) is 0. The molecule has 15 atom stereocenters. The van der Waals surface area contributed by atoms with Crippen molar-refractivity contribution in [3.05, 3.63) is 0 Å². The summed E-state index contributed by atoms with van der Waals surface area (Å²) < 4.78 is 27.2. The summed E-state index contributed by atoms with van der Waals surface area (Å²) in [6, 6.07) is -2.69. The normalized spacial score (nSPS) is 46.0. The predicted molar refractivity (Wildman–Crippen MR) is 124 cm³/mol. The van der Waals surface area contributed by atoms with Crippen molar-refractivity contribution in [2.75, 3.05) is 19.8 Å². The molecular formula is C22H38N2O16. The van der Waals surface area contributed by atoms with Gasteiger partial charge < -0.3 is 80.3 Å². The lowest BCUT2D eigenvalue weighted by atomic mass is 9.95. The number of nitrogens with one attached hydrogen (secondary N) is 2. The molecule has 3 fully saturated rings. The van der Waals surface area contributed by atoms with Crippen LogP contribution < -0.4 is 10.6 Å². The summed E-state index contributed by atoms with van der Waals surface area (Å²) in [7, 11) is 0. The van der Waals surface area contributed by atoms with Gasteiger partial charge in [0, 0.05) is 13.8 Å². The van der Waals surface area contributed by atoms with Crippen molar-refractivity contribution in [1.82, 2.24) is 10.6 Å². The molecule has 0 bridgehead atoms. The van der Waals surface area contributed by atoms with E-state index in [4.69, 9.17) is 23.7 Å². The van der Waals surface area contributed by atoms with Gasteiger partial charge in [0.15, 0.2) is 18.9 Å². The molecule has 18 nitrogen and oxygen atoms in total. The summed E-state index contributed by atoms with van der Waals surface area (Å²) in [6.45, 7) is 0.227. The SMILES string of the molecule is CC(=O)N[C@H]1[C@H](OC[C@H]2O[C@H](O)[C@@H](O[C@@H]3O[C@H](CO)[C@@H](O)[C@H](O)[C@H]3NC(C)=O)[C@@H](O)[C@@H]2O)O[C@H](CO)[C@@H](O)[C@@H]1O. The number of aliphatic hydroxyl groups is 9. The lowest BCUT2D eigenvalue weighted by molar-refractivity contribution is -0.353. The summed E-state index contributed by atoms with van der Waals surface area (Å²) in [4.78, 5) is 23.2. The van der Waals surface area contributed by atoms with Crippen molar-refractivity contribution >= 4 is 11.8 Å². The number of carbonyl (C=O) groups excluding carboxylic acids is 2. The molecule has 40 heavy (non-hydrogen) atoms. The van der Waals surface area contributed by atoms with Crippen LogP contribution in [0, 0.1) is 0 Å². The molecule has 0 unspecified atom stereocenters. The van der Waals surface area contributed by atoms with Crippen LogP contribution >= 0.6 is 0 Å². The lowest BCUT2D eigenvalue weighted by Crippen LogP contribution is -2.67. The molecule has 3 saturated heterocycles. The average Bonchev–Trinajstić information content (AvgIpc) is 2.90. The number of hydrogen-bond acceptors (Lipinski definition) is 16. The molecule has 0 spiro atoms. The second-order valence-corrected chi connectivity index (χ2v) is 9.85. The van der Waals surface area contributed by atoms with E-state index in [2.05, 4.69) is 10.6 Å². The fraction of sp³-hybridized carbons (Fsp3) is 0.909. The first kappa shape index (κ1) is 32.9. The van der Waals surface area contributed by atoms with E-state index in [1.807, 2.05) is 0 Å². The Kier molecular flexibility index (Phi) is 11.5. The van der Waals surface area contributed by atoms with Crippen LogP contribution in [0.15, 0.2) is 0 Å². The molecule has 2 amide bonds. The zero-order valence-corrected chi connectivity index (χ0v) is 21.7. The molecule has 3 heterocycles. The van der Waals surface area contributed by atoms with Crippen molar-refractivity contribution in [1.29, 1.82) is 0 Å². The molecule has 3 aliphatic heterocycles. The zero-order chi connectivity index (χ0) is 29.9. The largest absolute Gasteiger partial charge is 0.394 e. The molecule has 0 aromatic rings. The Bertz CT molecular complexity index is 852. The minimum atomic E-state index is -1.94. The summed E-state index contributed by atoms with van der Waals surface area (Å²) in [6.07, 6.45) is -20.9. The van der Waals surface area contributed by atoms with E-state index in [9.17, 15) is 55.5 Å². The predicted octanol–water partition coefficient (Wildman–Crippen LogP) is -7.29. The van der Waals surface area contributed by atoms with Crippen LogP contribution in [0.5, 0.6) is 0 Å². The number of aliphatic hydroxyl groups excluding tert-OH is 9. The fourth-order valence-electron chi connectivity index (χ4n) is 4.75. The Morgan fingerprint density at radius 3 is 1.57 bits per heavy atom. The number of carbonyl (C=O) groups is 2. The van der Waals surface area contributed by atoms with Crippen LogP contribution in [0.2, 0.25) is 0 Å². The Morgan fingerprint density at radius 2 is 1.10 bits per heavy atom. The van der Waals surface area contributed by atoms with Crippen LogP contribution in [0.1, 0.15) is 13.8 Å². The Morgan fingerprint density at radius 1 is 0.650 bits per heavy atom. The highest BCUT2D eigenvalue weighted by Gasteiger charge is 2.52. The van der Waals surface area contributed by atoms with Gasteiger partial charge in [0.05, 0.1) is 19.8 Å². The molecule has 0 aromatic carbocycles. The summed E-state index contributed by atoms with van der Waals surface area (Å²) >= 11 is 0. The van der Waals surface area contributed by atoms with Gasteiger partial charge in [-0.2, -0.15) is 0 Å². The topological polar surface area (TPSA) is 286 Å². The second kappa shape index (κ2) is 14.0. The van der Waals surface area contributed by atoms with Crippen LogP contribution in [0.4, 0.5) is 0 Å². The van der Waals surface area contributed by atoms with Gasteiger partial charge in [0.2, 0.25) is 11.8 Å². The third kappa shape index (κ3) is 7.23. The first-order valence-corrected chi connectivity index (χ1v) is 12.6. The summed E-state index contributed by atoms with van der Waals surface area (Å²) in [5.74, 6) is -1.24. The molecule has 0 aromatic heterocycles. The minimum Gasteiger partial charge on any atom is -0.394 e. The third-order valence-electron chi connectivity index (χ3n) is 6.88. The Balaban J connectivity index is 1.68. The smallest absolute Gasteiger partial charge is 0.217 e. The van der Waals surface area contributed by atoms with E-state index in [1.54, 1.807) is 0 Å². The molecule has 11 N–H and O–H groups in total. The van der Waals surface area contributed by atoms with Gasteiger partial charge in [-0.05, 0) is 0 Å². The van der Waals surface area contributed by atoms with Gasteiger partial charge in [-0.25, -0.2) is 0 Å². The van der Waals surface area contributed by atoms with E-state index in [0.29, 0.717) is 0 Å². The maximum atomic E-state index is 11.6. The average molecular weight is 587 g/mol.